The quantitative estimate of drug-likeness (QED) is 0.168. The highest BCUT2D eigenvalue weighted by molar-refractivity contribution is 7.27. The molecule has 358 valence electrons. The maximum atomic E-state index is 2.62. The lowest BCUT2D eigenvalue weighted by Gasteiger charge is -2.10. The Morgan fingerprint density at radius 3 is 1.12 bits per heavy atom. The second-order valence-electron chi connectivity index (χ2n) is 21.5. The number of benzene rings is 12. The molecule has 20 aromatic rings. The first-order valence-corrected chi connectivity index (χ1v) is 28.5. The van der Waals surface area contributed by atoms with Gasteiger partial charge < -0.3 is 17.9 Å². The summed E-state index contributed by atoms with van der Waals surface area (Å²) in [6, 6.07) is 87.0. The summed E-state index contributed by atoms with van der Waals surface area (Å²) in [4.78, 5) is 0. The van der Waals surface area contributed by atoms with Gasteiger partial charge in [-0.2, -0.15) is 0 Å². The lowest BCUT2D eigenvalue weighted by Crippen LogP contribution is -1.94. The topological polar surface area (TPSA) is 18.7 Å². The predicted octanol–water partition coefficient (Wildman–Crippen LogP) is 20.6. The number of rotatable bonds is 3. The SMILES string of the molecule is c1ccc2c(c1)sc1c2cc2c3cc4c(cc3n3c5cc(-c6ccc(-n7c8ccccc8c8ccccc87)cc6)ccc5c1c23)c1cc2c3ccccc3sc2c2c3ccc(-n5c6ccccc6c6ccccc65)cc3n4c12. The fraction of sp³-hybridized carbons (Fsp3) is 0. The molecule has 20 rings (SSSR count). The Hall–Kier alpha value is -9.72. The van der Waals surface area contributed by atoms with Gasteiger partial charge in [0.15, 0.2) is 0 Å². The smallest absolute Gasteiger partial charge is 0.0635 e. The Bertz CT molecular complexity index is 5950. The summed E-state index contributed by atoms with van der Waals surface area (Å²) in [6.45, 7) is 0. The third kappa shape index (κ3) is 4.89. The van der Waals surface area contributed by atoms with Crippen molar-refractivity contribution >= 4 is 183 Å². The van der Waals surface area contributed by atoms with Gasteiger partial charge in [-0.05, 0) is 102 Å². The molecule has 0 fully saturated rings. The van der Waals surface area contributed by atoms with E-state index >= 15 is 0 Å². The molecule has 8 heterocycles. The van der Waals surface area contributed by atoms with Crippen molar-refractivity contribution in [3.05, 3.63) is 231 Å². The van der Waals surface area contributed by atoms with E-state index in [1.54, 1.807) is 0 Å². The Kier molecular flexibility index (Phi) is 7.39. The number of aromatic nitrogens is 4. The van der Waals surface area contributed by atoms with Crippen LogP contribution in [0.2, 0.25) is 0 Å². The zero-order chi connectivity index (χ0) is 50.2. The Balaban J connectivity index is 0.890. The summed E-state index contributed by atoms with van der Waals surface area (Å²) in [5.74, 6) is 0. The number of hydrogen-bond acceptors (Lipinski definition) is 2. The summed E-state index contributed by atoms with van der Waals surface area (Å²) < 4.78 is 15.5. The van der Waals surface area contributed by atoms with Crippen LogP contribution < -0.4 is 0 Å². The van der Waals surface area contributed by atoms with Gasteiger partial charge in [-0.1, -0.05) is 140 Å². The lowest BCUT2D eigenvalue weighted by molar-refractivity contribution is 1.18. The van der Waals surface area contributed by atoms with Crippen molar-refractivity contribution in [1.29, 1.82) is 0 Å². The largest absolute Gasteiger partial charge is 0.309 e. The second-order valence-corrected chi connectivity index (χ2v) is 23.6. The zero-order valence-corrected chi connectivity index (χ0v) is 43.2. The van der Waals surface area contributed by atoms with E-state index in [1.165, 1.54) is 177 Å². The molecule has 0 spiro atoms. The van der Waals surface area contributed by atoms with Crippen molar-refractivity contribution in [3.63, 3.8) is 0 Å². The first-order valence-electron chi connectivity index (χ1n) is 26.8. The van der Waals surface area contributed by atoms with Crippen molar-refractivity contribution in [3.8, 4) is 22.5 Å². The maximum absolute atomic E-state index is 2.62. The molecule has 0 aliphatic carbocycles. The molecule has 78 heavy (non-hydrogen) atoms. The minimum absolute atomic E-state index is 1.16. The average molecular weight is 1020 g/mol. The van der Waals surface area contributed by atoms with Gasteiger partial charge in [0.2, 0.25) is 0 Å². The summed E-state index contributed by atoms with van der Waals surface area (Å²) in [5.41, 5.74) is 17.2. The first-order chi connectivity index (χ1) is 38.7. The van der Waals surface area contributed by atoms with Crippen LogP contribution >= 0.6 is 22.7 Å². The number of hydrogen-bond donors (Lipinski definition) is 0. The van der Waals surface area contributed by atoms with Crippen molar-refractivity contribution in [1.82, 2.24) is 17.9 Å². The number of para-hydroxylation sites is 4. The van der Waals surface area contributed by atoms with Gasteiger partial charge in [-0.3, -0.25) is 0 Å². The van der Waals surface area contributed by atoms with E-state index in [1.807, 2.05) is 22.7 Å². The van der Waals surface area contributed by atoms with Gasteiger partial charge in [0, 0.05) is 116 Å². The minimum atomic E-state index is 1.16. The number of nitrogens with zero attached hydrogens (tertiary/aromatic N) is 4. The molecule has 0 saturated carbocycles. The van der Waals surface area contributed by atoms with Gasteiger partial charge >= 0.3 is 0 Å². The van der Waals surface area contributed by atoms with E-state index in [0.717, 1.165) is 5.69 Å². The Morgan fingerprint density at radius 1 is 0.231 bits per heavy atom. The molecule has 0 saturated heterocycles. The number of thiophene rings is 2. The third-order valence-electron chi connectivity index (χ3n) is 17.8. The fourth-order valence-corrected chi connectivity index (χ4v) is 17.0. The standard InChI is InChI=1S/C72H38N4S2/c1-7-19-57-43(13-1)44-14-2-8-20-58(44)73(57)41-28-25-39(26-29-41)40-27-31-49-61(33-40)75-63-37-52-54-36-56-48-18-6-12-24-66(48)78-72(56)68-50-32-30-42(74-59-21-9-3-15-45(59)46-16-4-10-22-60(46)74)34-62(50)76(70(54)68)64(52)38-51(63)53-35-55-47-17-5-11-23-65(47)77-71(55)67(49)69(53)75/h1-38H. The maximum Gasteiger partial charge on any atom is 0.0635 e. The van der Waals surface area contributed by atoms with Crippen LogP contribution in [0.1, 0.15) is 0 Å². The van der Waals surface area contributed by atoms with Crippen molar-refractivity contribution in [2.45, 2.75) is 0 Å². The second kappa shape index (κ2) is 14.2. The first kappa shape index (κ1) is 40.6. The van der Waals surface area contributed by atoms with E-state index < -0.39 is 0 Å². The van der Waals surface area contributed by atoms with Gasteiger partial charge in [-0.15, -0.1) is 22.7 Å². The van der Waals surface area contributed by atoms with Crippen LogP contribution in [0.15, 0.2) is 231 Å². The fourth-order valence-electron chi connectivity index (χ4n) is 14.6. The summed E-state index contributed by atoms with van der Waals surface area (Å²) >= 11 is 3.86. The molecule has 8 aromatic heterocycles. The van der Waals surface area contributed by atoms with Crippen LogP contribution in [0.5, 0.6) is 0 Å². The molecule has 0 N–H and O–H groups in total. The van der Waals surface area contributed by atoms with Crippen LogP contribution in [0.4, 0.5) is 0 Å². The van der Waals surface area contributed by atoms with Crippen LogP contribution in [-0.2, 0) is 0 Å². The van der Waals surface area contributed by atoms with Gasteiger partial charge in [-0.25, -0.2) is 0 Å². The van der Waals surface area contributed by atoms with E-state index in [4.69, 9.17) is 0 Å². The summed E-state index contributed by atoms with van der Waals surface area (Å²) in [6.07, 6.45) is 0. The van der Waals surface area contributed by atoms with E-state index in [9.17, 15) is 0 Å². The van der Waals surface area contributed by atoms with Crippen molar-refractivity contribution < 1.29 is 0 Å². The molecule has 0 aliphatic rings. The summed E-state index contributed by atoms with van der Waals surface area (Å²) in [7, 11) is 0. The third-order valence-corrected chi connectivity index (χ3v) is 20.2. The minimum Gasteiger partial charge on any atom is -0.309 e. The zero-order valence-electron chi connectivity index (χ0n) is 41.5. The number of fused-ring (bicyclic) bond motifs is 26. The van der Waals surface area contributed by atoms with Crippen molar-refractivity contribution in [2.24, 2.45) is 0 Å². The van der Waals surface area contributed by atoms with Crippen LogP contribution in [0.3, 0.4) is 0 Å². The predicted molar refractivity (Wildman–Crippen MR) is 336 cm³/mol. The normalized spacial score (nSPS) is 12.9. The van der Waals surface area contributed by atoms with Gasteiger partial charge in [0.25, 0.3) is 0 Å². The van der Waals surface area contributed by atoms with Crippen LogP contribution in [0, 0.1) is 0 Å². The highest BCUT2D eigenvalue weighted by Gasteiger charge is 2.27. The monoisotopic (exact) mass is 1020 g/mol. The molecule has 4 nitrogen and oxygen atoms in total. The molecular weight excluding hydrogens is 985 g/mol. The highest BCUT2D eigenvalue weighted by atomic mass is 32.1. The molecular formula is C72H38N4S2. The van der Waals surface area contributed by atoms with E-state index in [2.05, 4.69) is 248 Å². The van der Waals surface area contributed by atoms with Crippen LogP contribution in [-0.4, -0.2) is 17.9 Å². The molecule has 6 heteroatoms. The highest BCUT2D eigenvalue weighted by Crippen LogP contribution is 2.52. The van der Waals surface area contributed by atoms with Crippen LogP contribution in [0.25, 0.3) is 183 Å². The van der Waals surface area contributed by atoms with Gasteiger partial charge in [0.05, 0.1) is 55.2 Å². The Morgan fingerprint density at radius 2 is 0.615 bits per heavy atom. The molecule has 0 radical (unpaired) electrons. The molecule has 0 atom stereocenters. The summed E-state index contributed by atoms with van der Waals surface area (Å²) in [5, 5.41) is 20.8. The van der Waals surface area contributed by atoms with E-state index in [0.29, 0.717) is 0 Å². The molecule has 0 unspecified atom stereocenters. The molecule has 12 aromatic carbocycles. The van der Waals surface area contributed by atoms with E-state index in [-0.39, 0.29) is 0 Å². The average Bonchev–Trinajstić information content (AvgIpc) is 4.26. The van der Waals surface area contributed by atoms with Gasteiger partial charge in [0.1, 0.15) is 0 Å². The Labute approximate surface area is 450 Å². The molecule has 0 aliphatic heterocycles. The van der Waals surface area contributed by atoms with Crippen molar-refractivity contribution in [2.75, 3.05) is 0 Å². The lowest BCUT2D eigenvalue weighted by atomic mass is 10.00. The molecule has 0 amide bonds. The molecule has 0 bridgehead atoms.